The van der Waals surface area contributed by atoms with Gasteiger partial charge in [0, 0.05) is 25.2 Å². The highest BCUT2D eigenvalue weighted by molar-refractivity contribution is 5.95. The van der Waals surface area contributed by atoms with Gasteiger partial charge in [-0.05, 0) is 25.1 Å². The van der Waals surface area contributed by atoms with E-state index in [1.165, 1.54) is 6.07 Å². The number of halogens is 1. The number of methoxy groups -OCH3 is 1. The first-order valence-corrected chi connectivity index (χ1v) is 8.02. The third kappa shape index (κ3) is 3.12. The Labute approximate surface area is 141 Å². The van der Waals surface area contributed by atoms with Crippen molar-refractivity contribution in [1.82, 2.24) is 10.2 Å². The molecule has 1 saturated heterocycles. The number of piperazine rings is 1. The van der Waals surface area contributed by atoms with Gasteiger partial charge in [-0.25, -0.2) is 4.39 Å². The summed E-state index contributed by atoms with van der Waals surface area (Å²) in [5, 5.41) is 3.30. The van der Waals surface area contributed by atoms with Gasteiger partial charge in [-0.15, -0.1) is 0 Å². The number of amides is 1. The molecule has 2 aromatic carbocycles. The molecule has 0 saturated carbocycles. The first-order valence-electron chi connectivity index (χ1n) is 8.02. The number of rotatable bonds is 3. The zero-order valence-electron chi connectivity index (χ0n) is 13.9. The Hall–Kier alpha value is -2.40. The van der Waals surface area contributed by atoms with E-state index in [1.54, 1.807) is 24.1 Å². The maximum atomic E-state index is 14.2. The number of para-hydroxylation sites is 1. The van der Waals surface area contributed by atoms with E-state index in [9.17, 15) is 9.18 Å². The van der Waals surface area contributed by atoms with Gasteiger partial charge in [0.1, 0.15) is 11.6 Å². The van der Waals surface area contributed by atoms with Crippen LogP contribution in [0.25, 0.3) is 0 Å². The van der Waals surface area contributed by atoms with Gasteiger partial charge < -0.3 is 15.0 Å². The second-order valence-electron chi connectivity index (χ2n) is 5.94. The number of hydrogen-bond donors (Lipinski definition) is 1. The number of carbonyl (C=O) groups is 1. The van der Waals surface area contributed by atoms with Crippen LogP contribution in [0.15, 0.2) is 42.5 Å². The normalized spacial score (nSPS) is 17.6. The molecule has 3 rings (SSSR count). The number of ether oxygens (including phenoxy) is 1. The minimum atomic E-state index is -0.483. The lowest BCUT2D eigenvalue weighted by Crippen LogP contribution is -2.49. The first kappa shape index (κ1) is 16.5. The maximum Gasteiger partial charge on any atom is 0.257 e. The number of nitrogens with zero attached hydrogens (tertiary/aromatic N) is 1. The van der Waals surface area contributed by atoms with Crippen LogP contribution in [0.5, 0.6) is 5.75 Å². The van der Waals surface area contributed by atoms with Crippen molar-refractivity contribution >= 4 is 5.91 Å². The average molecular weight is 328 g/mol. The van der Waals surface area contributed by atoms with Gasteiger partial charge in [-0.1, -0.05) is 29.8 Å². The summed E-state index contributed by atoms with van der Waals surface area (Å²) in [6.45, 7) is 3.67. The van der Waals surface area contributed by atoms with Gasteiger partial charge >= 0.3 is 0 Å². The lowest BCUT2D eigenvalue weighted by Gasteiger charge is -2.37. The fourth-order valence-corrected chi connectivity index (χ4v) is 3.12. The van der Waals surface area contributed by atoms with E-state index >= 15 is 0 Å². The second kappa shape index (κ2) is 7.01. The molecule has 0 aromatic heterocycles. The van der Waals surface area contributed by atoms with E-state index in [1.807, 2.05) is 31.2 Å². The zero-order valence-corrected chi connectivity index (χ0v) is 13.9. The molecule has 1 fully saturated rings. The summed E-state index contributed by atoms with van der Waals surface area (Å²) >= 11 is 0. The van der Waals surface area contributed by atoms with E-state index in [0.29, 0.717) is 19.6 Å². The Morgan fingerprint density at radius 2 is 2.08 bits per heavy atom. The number of hydrogen-bond acceptors (Lipinski definition) is 3. The lowest BCUT2D eigenvalue weighted by molar-refractivity contribution is 0.0626. The molecular weight excluding hydrogens is 307 g/mol. The molecule has 2 aromatic rings. The van der Waals surface area contributed by atoms with Crippen LogP contribution in [-0.2, 0) is 0 Å². The summed E-state index contributed by atoms with van der Waals surface area (Å²) in [5.41, 5.74) is 1.91. The molecule has 1 amide bonds. The van der Waals surface area contributed by atoms with Crippen molar-refractivity contribution in [3.05, 3.63) is 65.0 Å². The molecule has 1 aliphatic heterocycles. The number of aryl methyl sites for hydroxylation is 1. The van der Waals surface area contributed by atoms with Crippen LogP contribution in [0.1, 0.15) is 27.5 Å². The van der Waals surface area contributed by atoms with Crippen molar-refractivity contribution < 1.29 is 13.9 Å². The predicted molar refractivity (Wildman–Crippen MR) is 90.8 cm³/mol. The maximum absolute atomic E-state index is 14.2. The van der Waals surface area contributed by atoms with E-state index < -0.39 is 5.82 Å². The van der Waals surface area contributed by atoms with Gasteiger partial charge in [0.25, 0.3) is 5.91 Å². The summed E-state index contributed by atoms with van der Waals surface area (Å²) in [6.07, 6.45) is 0. The summed E-state index contributed by atoms with van der Waals surface area (Å²) < 4.78 is 19.6. The monoisotopic (exact) mass is 328 g/mol. The Balaban J connectivity index is 1.98. The molecule has 0 spiro atoms. The van der Waals surface area contributed by atoms with Gasteiger partial charge in [0.15, 0.2) is 0 Å². The van der Waals surface area contributed by atoms with Crippen molar-refractivity contribution in [2.24, 2.45) is 0 Å². The summed E-state index contributed by atoms with van der Waals surface area (Å²) in [5.74, 6) is -0.0368. The Morgan fingerprint density at radius 1 is 1.29 bits per heavy atom. The van der Waals surface area contributed by atoms with Crippen LogP contribution in [0.2, 0.25) is 0 Å². The Bertz CT molecular complexity index is 748. The largest absolute Gasteiger partial charge is 0.496 e. The molecule has 1 atom stereocenters. The second-order valence-corrected chi connectivity index (χ2v) is 5.94. The third-order valence-electron chi connectivity index (χ3n) is 4.35. The molecule has 5 heteroatoms. The highest BCUT2D eigenvalue weighted by atomic mass is 19.1. The fourth-order valence-electron chi connectivity index (χ4n) is 3.12. The van der Waals surface area contributed by atoms with Gasteiger partial charge in [-0.3, -0.25) is 4.79 Å². The highest BCUT2D eigenvalue weighted by Crippen LogP contribution is 2.31. The van der Waals surface area contributed by atoms with Crippen LogP contribution in [-0.4, -0.2) is 37.6 Å². The topological polar surface area (TPSA) is 41.6 Å². The Morgan fingerprint density at radius 3 is 2.88 bits per heavy atom. The number of carbonyl (C=O) groups excluding carboxylic acids is 1. The fraction of sp³-hybridized carbons (Fsp3) is 0.316. The van der Waals surface area contributed by atoms with Gasteiger partial charge in [0.05, 0.1) is 18.7 Å². The van der Waals surface area contributed by atoms with Crippen molar-refractivity contribution in [3.63, 3.8) is 0 Å². The zero-order chi connectivity index (χ0) is 17.1. The highest BCUT2D eigenvalue weighted by Gasteiger charge is 2.31. The van der Waals surface area contributed by atoms with Crippen molar-refractivity contribution in [3.8, 4) is 5.75 Å². The molecule has 24 heavy (non-hydrogen) atoms. The molecule has 1 N–H and O–H groups in total. The van der Waals surface area contributed by atoms with E-state index in [2.05, 4.69) is 5.32 Å². The molecule has 0 bridgehead atoms. The Kier molecular flexibility index (Phi) is 4.81. The summed E-state index contributed by atoms with van der Waals surface area (Å²) in [6, 6.07) is 12.1. The van der Waals surface area contributed by atoms with E-state index in [4.69, 9.17) is 4.74 Å². The molecule has 1 unspecified atom stereocenters. The third-order valence-corrected chi connectivity index (χ3v) is 4.35. The van der Waals surface area contributed by atoms with E-state index in [-0.39, 0.29) is 17.5 Å². The van der Waals surface area contributed by atoms with Crippen molar-refractivity contribution in [2.45, 2.75) is 13.0 Å². The lowest BCUT2D eigenvalue weighted by atomic mass is 10.0. The summed E-state index contributed by atoms with van der Waals surface area (Å²) in [7, 11) is 1.61. The van der Waals surface area contributed by atoms with Gasteiger partial charge in [0.2, 0.25) is 0 Å². The molecule has 1 aliphatic rings. The van der Waals surface area contributed by atoms with Crippen LogP contribution in [0.3, 0.4) is 0 Å². The van der Waals surface area contributed by atoms with Crippen molar-refractivity contribution in [2.75, 3.05) is 26.7 Å². The predicted octanol–water partition coefficient (Wildman–Crippen LogP) is 2.93. The van der Waals surface area contributed by atoms with Gasteiger partial charge in [-0.2, -0.15) is 0 Å². The van der Waals surface area contributed by atoms with Crippen LogP contribution in [0.4, 0.5) is 4.39 Å². The average Bonchev–Trinajstić information content (AvgIpc) is 2.63. The molecule has 126 valence electrons. The minimum absolute atomic E-state index is 0.122. The van der Waals surface area contributed by atoms with Crippen LogP contribution >= 0.6 is 0 Å². The van der Waals surface area contributed by atoms with Crippen LogP contribution in [0, 0.1) is 12.7 Å². The standard InChI is InChI=1S/C19H21FN2O2/c1-13-7-8-16(20)15(11-13)19(23)22-10-9-21-12-17(22)14-5-3-4-6-18(14)24-2/h3-8,11,17,21H,9-10,12H2,1-2H3. The number of nitrogens with one attached hydrogen (secondary N) is 1. The van der Waals surface area contributed by atoms with Crippen LogP contribution < -0.4 is 10.1 Å². The molecule has 4 nitrogen and oxygen atoms in total. The summed E-state index contributed by atoms with van der Waals surface area (Å²) in [4.78, 5) is 14.7. The first-order chi connectivity index (χ1) is 11.6. The number of benzene rings is 2. The quantitative estimate of drug-likeness (QED) is 0.942. The molecule has 1 heterocycles. The smallest absolute Gasteiger partial charge is 0.257 e. The molecule has 0 aliphatic carbocycles. The minimum Gasteiger partial charge on any atom is -0.496 e. The SMILES string of the molecule is COc1ccccc1C1CNCCN1C(=O)c1cc(C)ccc1F. The molecule has 0 radical (unpaired) electrons. The molecular formula is C19H21FN2O2. The van der Waals surface area contributed by atoms with Crippen molar-refractivity contribution in [1.29, 1.82) is 0 Å². The van der Waals surface area contributed by atoms with E-state index in [0.717, 1.165) is 16.9 Å².